The van der Waals surface area contributed by atoms with E-state index in [9.17, 15) is 0 Å². The zero-order valence-electron chi connectivity index (χ0n) is 14.0. The van der Waals surface area contributed by atoms with Gasteiger partial charge in [-0.05, 0) is 34.7 Å². The Kier molecular flexibility index (Phi) is 5.35. The second kappa shape index (κ2) is 6.85. The summed E-state index contributed by atoms with van der Waals surface area (Å²) in [6, 6.07) is 0.656. The van der Waals surface area contributed by atoms with Crippen LogP contribution in [0, 0.1) is 0 Å². The average molecular weight is 295 g/mol. The highest BCUT2D eigenvalue weighted by Crippen LogP contribution is 2.23. The fourth-order valence-corrected chi connectivity index (χ4v) is 3.10. The Morgan fingerprint density at radius 2 is 2.00 bits per heavy atom. The summed E-state index contributed by atoms with van der Waals surface area (Å²) in [5, 5.41) is 7.82. The van der Waals surface area contributed by atoms with Crippen LogP contribution < -0.4 is 5.32 Å². The van der Waals surface area contributed by atoms with Crippen molar-refractivity contribution in [3.05, 3.63) is 12.2 Å². The summed E-state index contributed by atoms with van der Waals surface area (Å²) in [7, 11) is 2.03. The molecule has 1 N–H and O–H groups in total. The summed E-state index contributed by atoms with van der Waals surface area (Å²) in [4.78, 5) is 6.96. The first-order valence-electron chi connectivity index (χ1n) is 7.85. The van der Waals surface area contributed by atoms with Crippen molar-refractivity contribution in [2.24, 2.45) is 0 Å². The number of rotatable bonds is 6. The van der Waals surface area contributed by atoms with Crippen LogP contribution in [0.1, 0.15) is 39.6 Å². The SMILES string of the molecule is CNC(Cc1ncnn1C(C)C)C(C)(C)N1CCOCC1. The van der Waals surface area contributed by atoms with Crippen LogP contribution in [0.3, 0.4) is 0 Å². The van der Waals surface area contributed by atoms with Crippen LogP contribution in [0.25, 0.3) is 0 Å². The van der Waals surface area contributed by atoms with E-state index in [1.54, 1.807) is 6.33 Å². The normalized spacial score (nSPS) is 19.1. The summed E-state index contributed by atoms with van der Waals surface area (Å²) < 4.78 is 7.49. The van der Waals surface area contributed by atoms with Crippen LogP contribution in [-0.4, -0.2) is 64.6 Å². The molecule has 0 saturated carbocycles. The second-order valence-corrected chi connectivity index (χ2v) is 6.51. The molecule has 1 aromatic rings. The lowest BCUT2D eigenvalue weighted by Crippen LogP contribution is -2.60. The molecular weight excluding hydrogens is 266 g/mol. The Bertz CT molecular complexity index is 437. The molecule has 0 aliphatic carbocycles. The van der Waals surface area contributed by atoms with E-state index < -0.39 is 0 Å². The predicted octanol–water partition coefficient (Wildman–Crippen LogP) is 1.10. The molecule has 1 aliphatic rings. The fourth-order valence-electron chi connectivity index (χ4n) is 3.10. The Morgan fingerprint density at radius 3 is 2.57 bits per heavy atom. The number of nitrogens with one attached hydrogen (secondary N) is 1. The standard InChI is InChI=1S/C15H29N5O/c1-12(2)20-14(17-11-18-20)10-13(16-5)15(3,4)19-6-8-21-9-7-19/h11-13,16H,6-10H2,1-5H3. The highest BCUT2D eigenvalue weighted by Gasteiger charge is 2.36. The van der Waals surface area contributed by atoms with Crippen LogP contribution in [0.4, 0.5) is 0 Å². The monoisotopic (exact) mass is 295 g/mol. The molecule has 1 saturated heterocycles. The van der Waals surface area contributed by atoms with Gasteiger partial charge in [0.25, 0.3) is 0 Å². The molecule has 0 spiro atoms. The fraction of sp³-hybridized carbons (Fsp3) is 0.867. The number of nitrogens with zero attached hydrogens (tertiary/aromatic N) is 4. The Hall–Kier alpha value is -0.980. The van der Waals surface area contributed by atoms with Gasteiger partial charge in [-0.3, -0.25) is 4.90 Å². The average Bonchev–Trinajstić information content (AvgIpc) is 2.94. The lowest BCUT2D eigenvalue weighted by Gasteiger charge is -2.45. The van der Waals surface area contributed by atoms with Gasteiger partial charge in [-0.2, -0.15) is 5.10 Å². The molecular formula is C15H29N5O. The molecule has 0 bridgehead atoms. The van der Waals surface area contributed by atoms with Crippen molar-refractivity contribution >= 4 is 0 Å². The number of hydrogen-bond donors (Lipinski definition) is 1. The minimum absolute atomic E-state index is 0.0479. The molecule has 120 valence electrons. The van der Waals surface area contributed by atoms with Crippen molar-refractivity contribution < 1.29 is 4.74 Å². The van der Waals surface area contributed by atoms with Crippen molar-refractivity contribution in [1.29, 1.82) is 0 Å². The number of hydrogen-bond acceptors (Lipinski definition) is 5. The molecule has 1 fully saturated rings. The molecule has 6 heteroatoms. The Balaban J connectivity index is 2.12. The molecule has 1 unspecified atom stereocenters. The van der Waals surface area contributed by atoms with E-state index in [0.717, 1.165) is 38.5 Å². The van der Waals surface area contributed by atoms with Crippen LogP contribution in [-0.2, 0) is 11.2 Å². The second-order valence-electron chi connectivity index (χ2n) is 6.51. The maximum atomic E-state index is 5.48. The Labute approximate surface area is 127 Å². The van der Waals surface area contributed by atoms with Crippen molar-refractivity contribution in [3.8, 4) is 0 Å². The first-order chi connectivity index (χ1) is 9.96. The van der Waals surface area contributed by atoms with E-state index >= 15 is 0 Å². The largest absolute Gasteiger partial charge is 0.379 e. The molecule has 21 heavy (non-hydrogen) atoms. The van der Waals surface area contributed by atoms with Crippen LogP contribution in [0.15, 0.2) is 6.33 Å². The number of likely N-dealkylation sites (N-methyl/N-ethyl adjacent to an activating group) is 1. The van der Waals surface area contributed by atoms with Gasteiger partial charge >= 0.3 is 0 Å². The van der Waals surface area contributed by atoms with Gasteiger partial charge in [-0.15, -0.1) is 0 Å². The van der Waals surface area contributed by atoms with E-state index in [0.29, 0.717) is 12.1 Å². The van der Waals surface area contributed by atoms with Gasteiger partial charge in [0, 0.05) is 37.1 Å². The maximum absolute atomic E-state index is 5.48. The summed E-state index contributed by atoms with van der Waals surface area (Å²) in [5.41, 5.74) is 0.0479. The maximum Gasteiger partial charge on any atom is 0.138 e. The van der Waals surface area contributed by atoms with Crippen molar-refractivity contribution in [2.45, 2.75) is 51.7 Å². The summed E-state index contributed by atoms with van der Waals surface area (Å²) >= 11 is 0. The van der Waals surface area contributed by atoms with Gasteiger partial charge in [-0.1, -0.05) is 0 Å². The molecule has 2 rings (SSSR count). The quantitative estimate of drug-likeness (QED) is 0.852. The predicted molar refractivity (Wildman–Crippen MR) is 83.4 cm³/mol. The van der Waals surface area contributed by atoms with Crippen molar-refractivity contribution in [3.63, 3.8) is 0 Å². The number of ether oxygens (including phenoxy) is 1. The third-order valence-electron chi connectivity index (χ3n) is 4.55. The zero-order chi connectivity index (χ0) is 15.5. The summed E-state index contributed by atoms with van der Waals surface area (Å²) in [6.07, 6.45) is 2.53. The van der Waals surface area contributed by atoms with Crippen molar-refractivity contribution in [2.75, 3.05) is 33.4 Å². The van der Waals surface area contributed by atoms with E-state index in [2.05, 4.69) is 48.0 Å². The highest BCUT2D eigenvalue weighted by molar-refractivity contribution is 5.01. The van der Waals surface area contributed by atoms with Gasteiger partial charge in [0.15, 0.2) is 0 Å². The lowest BCUT2D eigenvalue weighted by atomic mass is 9.89. The Morgan fingerprint density at radius 1 is 1.33 bits per heavy atom. The topological polar surface area (TPSA) is 55.2 Å². The third-order valence-corrected chi connectivity index (χ3v) is 4.55. The smallest absolute Gasteiger partial charge is 0.138 e. The van der Waals surface area contributed by atoms with Gasteiger partial charge in [0.2, 0.25) is 0 Å². The number of aromatic nitrogens is 3. The molecule has 1 atom stereocenters. The van der Waals surface area contributed by atoms with Crippen LogP contribution in [0.2, 0.25) is 0 Å². The summed E-state index contributed by atoms with van der Waals surface area (Å²) in [6.45, 7) is 12.5. The first-order valence-corrected chi connectivity index (χ1v) is 7.85. The van der Waals surface area contributed by atoms with Gasteiger partial charge < -0.3 is 10.1 Å². The molecule has 1 aliphatic heterocycles. The molecule has 6 nitrogen and oxygen atoms in total. The molecule has 1 aromatic heterocycles. The molecule has 0 radical (unpaired) electrons. The summed E-state index contributed by atoms with van der Waals surface area (Å²) in [5.74, 6) is 1.05. The molecule has 0 aromatic carbocycles. The van der Waals surface area contributed by atoms with Crippen molar-refractivity contribution in [1.82, 2.24) is 25.0 Å². The van der Waals surface area contributed by atoms with Gasteiger partial charge in [0.1, 0.15) is 12.2 Å². The van der Waals surface area contributed by atoms with Gasteiger partial charge in [-0.25, -0.2) is 9.67 Å². The highest BCUT2D eigenvalue weighted by atomic mass is 16.5. The molecule has 0 amide bonds. The van der Waals surface area contributed by atoms with Crippen LogP contribution in [0.5, 0.6) is 0 Å². The van der Waals surface area contributed by atoms with Gasteiger partial charge in [0.05, 0.1) is 13.2 Å². The van der Waals surface area contributed by atoms with Crippen LogP contribution >= 0.6 is 0 Å². The van der Waals surface area contributed by atoms with E-state index in [1.165, 1.54) is 0 Å². The minimum atomic E-state index is 0.0479. The third kappa shape index (κ3) is 3.62. The number of morpholine rings is 1. The first kappa shape index (κ1) is 16.4. The van der Waals surface area contributed by atoms with E-state index in [4.69, 9.17) is 4.74 Å². The lowest BCUT2D eigenvalue weighted by molar-refractivity contribution is -0.0227. The minimum Gasteiger partial charge on any atom is -0.379 e. The zero-order valence-corrected chi connectivity index (χ0v) is 14.0. The van der Waals surface area contributed by atoms with E-state index in [-0.39, 0.29) is 5.54 Å². The molecule has 2 heterocycles. The van der Waals surface area contributed by atoms with E-state index in [1.807, 2.05) is 11.7 Å².